The molecule has 0 aromatic heterocycles. The lowest BCUT2D eigenvalue weighted by Crippen LogP contribution is -2.70. The fourth-order valence-electron chi connectivity index (χ4n) is 12.5. The van der Waals surface area contributed by atoms with Crippen LogP contribution in [0.1, 0.15) is 120 Å². The number of ether oxygens (including phenoxy) is 1. The van der Waals surface area contributed by atoms with E-state index in [2.05, 4.69) is 41.5 Å². The fourth-order valence-corrected chi connectivity index (χ4v) is 12.5. The van der Waals surface area contributed by atoms with E-state index in [0.717, 1.165) is 25.7 Å². The lowest BCUT2D eigenvalue weighted by atomic mass is 9.31. The molecule has 5 aliphatic carbocycles. The summed E-state index contributed by atoms with van der Waals surface area (Å²) in [4.78, 5) is 0. The molecule has 11 atom stereocenters. The number of aliphatic hydroxyl groups excluding tert-OH is 2. The Hall–Kier alpha value is -0.160. The summed E-state index contributed by atoms with van der Waals surface area (Å²) in [7, 11) is 0. The molecule has 3 N–H and O–H groups in total. The third-order valence-electron chi connectivity index (χ3n) is 14.5. The molecule has 0 heterocycles. The van der Waals surface area contributed by atoms with Crippen LogP contribution in [0.25, 0.3) is 0 Å². The Balaban J connectivity index is 1.54. The molecule has 0 spiro atoms. The zero-order valence-electron chi connectivity index (χ0n) is 24.8. The number of hydrogen-bond acceptors (Lipinski definition) is 4. The molecule has 5 aliphatic rings. The van der Waals surface area contributed by atoms with Gasteiger partial charge in [0.2, 0.25) is 0 Å². The number of rotatable bonds is 3. The average molecular weight is 505 g/mol. The van der Waals surface area contributed by atoms with Crippen molar-refractivity contribution in [3.8, 4) is 0 Å². The van der Waals surface area contributed by atoms with E-state index in [0.29, 0.717) is 30.8 Å². The van der Waals surface area contributed by atoms with Gasteiger partial charge in [-0.3, -0.25) is 0 Å². The fraction of sp³-hybridized carbons (Fsp3) is 1.00. The number of fused-ring (bicyclic) bond motifs is 7. The van der Waals surface area contributed by atoms with Crippen LogP contribution >= 0.6 is 0 Å². The second kappa shape index (κ2) is 7.95. The molecule has 0 amide bonds. The van der Waals surface area contributed by atoms with Crippen molar-refractivity contribution in [2.24, 2.45) is 50.7 Å². The summed E-state index contributed by atoms with van der Waals surface area (Å²) in [6.07, 6.45) is 8.54. The minimum Gasteiger partial charge on any atom is -0.393 e. The molecule has 5 rings (SSSR count). The van der Waals surface area contributed by atoms with Crippen LogP contribution in [-0.4, -0.2) is 45.3 Å². The highest BCUT2D eigenvalue weighted by Gasteiger charge is 2.75. The van der Waals surface area contributed by atoms with Gasteiger partial charge in [-0.2, -0.15) is 0 Å². The molecule has 0 bridgehead atoms. The van der Waals surface area contributed by atoms with E-state index in [1.54, 1.807) is 0 Å². The predicted molar refractivity (Wildman–Crippen MR) is 144 cm³/mol. The Labute approximate surface area is 221 Å². The van der Waals surface area contributed by atoms with Crippen LogP contribution in [0, 0.1) is 50.7 Å². The number of aliphatic hydroxyl groups is 3. The topological polar surface area (TPSA) is 69.9 Å². The summed E-state index contributed by atoms with van der Waals surface area (Å²) in [6, 6.07) is 0. The monoisotopic (exact) mass is 504 g/mol. The minimum absolute atomic E-state index is 0.0375. The van der Waals surface area contributed by atoms with Gasteiger partial charge in [0, 0.05) is 12.5 Å². The van der Waals surface area contributed by atoms with Gasteiger partial charge in [-0.15, -0.1) is 0 Å². The first-order valence-electron chi connectivity index (χ1n) is 15.2. The van der Waals surface area contributed by atoms with E-state index in [4.69, 9.17) is 4.74 Å². The second-order valence-corrected chi connectivity index (χ2v) is 16.1. The molecule has 0 aromatic rings. The molecule has 5 fully saturated rings. The maximum absolute atomic E-state index is 12.2. The summed E-state index contributed by atoms with van der Waals surface area (Å²) in [5.74, 6) is 1.51. The first-order valence-corrected chi connectivity index (χ1v) is 15.2. The Morgan fingerprint density at radius 3 is 1.97 bits per heavy atom. The van der Waals surface area contributed by atoms with Gasteiger partial charge in [0.15, 0.2) is 0 Å². The smallest absolute Gasteiger partial charge is 0.0988 e. The van der Waals surface area contributed by atoms with Crippen LogP contribution in [0.2, 0.25) is 0 Å². The van der Waals surface area contributed by atoms with Crippen LogP contribution in [0.4, 0.5) is 0 Å². The highest BCUT2D eigenvalue weighted by atomic mass is 16.5. The second-order valence-electron chi connectivity index (χ2n) is 16.1. The van der Waals surface area contributed by atoms with Crippen LogP contribution in [0.15, 0.2) is 0 Å². The van der Waals surface area contributed by atoms with Crippen molar-refractivity contribution in [1.82, 2.24) is 0 Å². The van der Waals surface area contributed by atoms with Gasteiger partial charge in [0.1, 0.15) is 0 Å². The highest BCUT2D eigenvalue weighted by molar-refractivity contribution is 5.24. The summed E-state index contributed by atoms with van der Waals surface area (Å²) in [5, 5.41) is 35.2. The Morgan fingerprint density at radius 1 is 0.750 bits per heavy atom. The average Bonchev–Trinajstić information content (AvgIpc) is 3.05. The summed E-state index contributed by atoms with van der Waals surface area (Å²) in [5.41, 5.74) is -1.39. The molecule has 208 valence electrons. The molecule has 36 heavy (non-hydrogen) atoms. The third kappa shape index (κ3) is 3.08. The molecular formula is C32H56O4. The lowest BCUT2D eigenvalue weighted by molar-refractivity contribution is -0.284. The summed E-state index contributed by atoms with van der Waals surface area (Å²) in [6.45, 7) is 21.3. The number of hydrogen-bond donors (Lipinski definition) is 3. The molecule has 0 radical (unpaired) electrons. The first-order chi connectivity index (χ1) is 16.5. The van der Waals surface area contributed by atoms with E-state index < -0.39 is 17.3 Å². The SMILES string of the molecule is CCOC(C)(C)C1(O)CCC2(C)C3CCC4C5(C)CCC(O)C(C)(C)C5CCC4(C)C3(C)CC(O)C21. The third-order valence-corrected chi connectivity index (χ3v) is 14.5. The lowest BCUT2D eigenvalue weighted by Gasteiger charge is -2.74. The van der Waals surface area contributed by atoms with E-state index in [1.165, 1.54) is 25.7 Å². The van der Waals surface area contributed by atoms with Crippen molar-refractivity contribution < 1.29 is 20.1 Å². The van der Waals surface area contributed by atoms with E-state index in [1.807, 2.05) is 20.8 Å². The van der Waals surface area contributed by atoms with Gasteiger partial charge >= 0.3 is 0 Å². The molecule has 4 nitrogen and oxygen atoms in total. The van der Waals surface area contributed by atoms with Crippen molar-refractivity contribution >= 4 is 0 Å². The molecule has 0 saturated heterocycles. The van der Waals surface area contributed by atoms with E-state index in [9.17, 15) is 15.3 Å². The van der Waals surface area contributed by atoms with Crippen molar-refractivity contribution in [3.05, 3.63) is 0 Å². The molecular weight excluding hydrogens is 448 g/mol. The Bertz CT molecular complexity index is 883. The quantitative estimate of drug-likeness (QED) is 0.419. The Morgan fingerprint density at radius 2 is 1.36 bits per heavy atom. The van der Waals surface area contributed by atoms with Gasteiger partial charge < -0.3 is 20.1 Å². The zero-order valence-corrected chi connectivity index (χ0v) is 24.8. The molecule has 0 aromatic carbocycles. The first kappa shape index (κ1) is 27.4. The van der Waals surface area contributed by atoms with Crippen LogP contribution in [-0.2, 0) is 4.74 Å². The van der Waals surface area contributed by atoms with Gasteiger partial charge in [-0.05, 0) is 123 Å². The van der Waals surface area contributed by atoms with Gasteiger partial charge in [-0.25, -0.2) is 0 Å². The summed E-state index contributed by atoms with van der Waals surface area (Å²) >= 11 is 0. The van der Waals surface area contributed by atoms with Crippen LogP contribution in [0.5, 0.6) is 0 Å². The predicted octanol–water partition coefficient (Wildman–Crippen LogP) is 6.35. The highest BCUT2D eigenvalue weighted by Crippen LogP contribution is 2.78. The maximum Gasteiger partial charge on any atom is 0.0988 e. The van der Waals surface area contributed by atoms with Crippen molar-refractivity contribution in [3.63, 3.8) is 0 Å². The van der Waals surface area contributed by atoms with Crippen molar-refractivity contribution in [2.75, 3.05) is 6.61 Å². The summed E-state index contributed by atoms with van der Waals surface area (Å²) < 4.78 is 6.14. The van der Waals surface area contributed by atoms with E-state index >= 15 is 0 Å². The zero-order chi connectivity index (χ0) is 26.7. The molecule has 11 unspecified atom stereocenters. The van der Waals surface area contributed by atoms with Crippen molar-refractivity contribution in [2.45, 2.75) is 144 Å². The van der Waals surface area contributed by atoms with E-state index in [-0.39, 0.29) is 39.1 Å². The normalized spacial score (nSPS) is 56.3. The van der Waals surface area contributed by atoms with Gasteiger partial charge in [-0.1, -0.05) is 41.5 Å². The minimum atomic E-state index is -1.01. The standard InChI is InChI=1S/C32H56O4/c1-10-36-27(4,5)32(35)18-17-29(7)23-12-11-22-28(6)15-14-24(34)26(2,3)21(28)13-16-30(22,8)31(23,9)19-20(33)25(29)32/h20-25,33-35H,10-19H2,1-9H3. The largest absolute Gasteiger partial charge is 0.393 e. The van der Waals surface area contributed by atoms with Gasteiger partial charge in [0.05, 0.1) is 23.4 Å². The maximum atomic E-state index is 12.2. The molecule has 4 heteroatoms. The van der Waals surface area contributed by atoms with Gasteiger partial charge in [0.25, 0.3) is 0 Å². The van der Waals surface area contributed by atoms with Crippen LogP contribution in [0.3, 0.4) is 0 Å². The molecule has 0 aliphatic heterocycles. The Kier molecular flexibility index (Phi) is 6.05. The van der Waals surface area contributed by atoms with Crippen molar-refractivity contribution in [1.29, 1.82) is 0 Å². The van der Waals surface area contributed by atoms with Crippen LogP contribution < -0.4 is 0 Å². The molecule has 5 saturated carbocycles.